The van der Waals surface area contributed by atoms with Gasteiger partial charge < -0.3 is 10.0 Å². The van der Waals surface area contributed by atoms with E-state index in [4.69, 9.17) is 0 Å². The van der Waals surface area contributed by atoms with Crippen LogP contribution in [-0.2, 0) is 13.0 Å². The first-order chi connectivity index (χ1) is 9.75. The standard InChI is InChI=1S/C18H21NO/c1-14(20)17-10-4-5-11-18(17)19-12-6-9-15-7-2-3-8-16(15)13-19/h2-5,7-8,10-11,14,20H,6,9,12-13H2,1H3/t14-/m1/s1. The van der Waals surface area contributed by atoms with Gasteiger partial charge in [0.25, 0.3) is 0 Å². The summed E-state index contributed by atoms with van der Waals surface area (Å²) >= 11 is 0. The molecule has 0 spiro atoms. The van der Waals surface area contributed by atoms with Crippen molar-refractivity contribution < 1.29 is 5.11 Å². The molecule has 1 aliphatic rings. The second-order valence-corrected chi connectivity index (χ2v) is 5.53. The van der Waals surface area contributed by atoms with E-state index in [2.05, 4.69) is 41.3 Å². The van der Waals surface area contributed by atoms with E-state index in [9.17, 15) is 5.11 Å². The first kappa shape index (κ1) is 13.2. The molecule has 1 aliphatic heterocycles. The molecule has 20 heavy (non-hydrogen) atoms. The van der Waals surface area contributed by atoms with Gasteiger partial charge in [-0.1, -0.05) is 42.5 Å². The maximum Gasteiger partial charge on any atom is 0.0781 e. The van der Waals surface area contributed by atoms with Crippen LogP contribution in [0.3, 0.4) is 0 Å². The smallest absolute Gasteiger partial charge is 0.0781 e. The molecule has 0 amide bonds. The molecular weight excluding hydrogens is 246 g/mol. The molecule has 0 aliphatic carbocycles. The van der Waals surface area contributed by atoms with Gasteiger partial charge in [0.1, 0.15) is 0 Å². The number of hydrogen-bond acceptors (Lipinski definition) is 2. The Bertz CT molecular complexity index is 591. The fraction of sp³-hybridized carbons (Fsp3) is 0.333. The van der Waals surface area contributed by atoms with Crippen LogP contribution in [0.4, 0.5) is 5.69 Å². The van der Waals surface area contributed by atoms with Crippen LogP contribution in [0.5, 0.6) is 0 Å². The maximum absolute atomic E-state index is 9.97. The van der Waals surface area contributed by atoms with Crippen molar-refractivity contribution in [2.75, 3.05) is 11.4 Å². The molecule has 104 valence electrons. The van der Waals surface area contributed by atoms with E-state index in [1.54, 1.807) is 0 Å². The minimum atomic E-state index is -0.426. The van der Waals surface area contributed by atoms with E-state index in [0.29, 0.717) is 0 Å². The van der Waals surface area contributed by atoms with E-state index < -0.39 is 6.10 Å². The number of benzene rings is 2. The Labute approximate surface area is 120 Å². The van der Waals surface area contributed by atoms with Crippen molar-refractivity contribution in [3.63, 3.8) is 0 Å². The van der Waals surface area contributed by atoms with Gasteiger partial charge in [0.15, 0.2) is 0 Å². The molecule has 1 N–H and O–H groups in total. The number of anilines is 1. The Hall–Kier alpha value is -1.80. The van der Waals surface area contributed by atoms with Gasteiger partial charge in [-0.25, -0.2) is 0 Å². The number of hydrogen-bond donors (Lipinski definition) is 1. The molecule has 0 saturated carbocycles. The molecule has 1 heterocycles. The fourth-order valence-corrected chi connectivity index (χ4v) is 3.04. The Kier molecular flexibility index (Phi) is 3.75. The van der Waals surface area contributed by atoms with Crippen LogP contribution in [0.15, 0.2) is 48.5 Å². The highest BCUT2D eigenvalue weighted by Crippen LogP contribution is 2.30. The summed E-state index contributed by atoms with van der Waals surface area (Å²) in [6.45, 7) is 3.81. The van der Waals surface area contributed by atoms with Crippen molar-refractivity contribution in [2.24, 2.45) is 0 Å². The Morgan fingerprint density at radius 2 is 1.70 bits per heavy atom. The van der Waals surface area contributed by atoms with Crippen LogP contribution < -0.4 is 4.90 Å². The van der Waals surface area contributed by atoms with Crippen molar-refractivity contribution in [1.82, 2.24) is 0 Å². The molecule has 3 rings (SSSR count). The third-order valence-corrected chi connectivity index (χ3v) is 4.08. The third kappa shape index (κ3) is 2.56. The third-order valence-electron chi connectivity index (χ3n) is 4.08. The summed E-state index contributed by atoms with van der Waals surface area (Å²) in [7, 11) is 0. The maximum atomic E-state index is 9.97. The predicted octanol–water partition coefficient (Wildman–Crippen LogP) is 3.69. The largest absolute Gasteiger partial charge is 0.389 e. The lowest BCUT2D eigenvalue weighted by Gasteiger charge is -2.26. The van der Waals surface area contributed by atoms with Crippen molar-refractivity contribution in [3.8, 4) is 0 Å². The van der Waals surface area contributed by atoms with Gasteiger partial charge in [0, 0.05) is 24.3 Å². The monoisotopic (exact) mass is 267 g/mol. The average Bonchev–Trinajstić information content (AvgIpc) is 2.69. The number of fused-ring (bicyclic) bond motifs is 1. The van der Waals surface area contributed by atoms with Crippen molar-refractivity contribution in [2.45, 2.75) is 32.4 Å². The van der Waals surface area contributed by atoms with Crippen LogP contribution in [0, 0.1) is 0 Å². The number of aliphatic hydroxyl groups is 1. The van der Waals surface area contributed by atoms with Gasteiger partial charge in [-0.15, -0.1) is 0 Å². The summed E-state index contributed by atoms with van der Waals surface area (Å²) in [6.07, 6.45) is 1.87. The molecular formula is C18H21NO. The zero-order chi connectivity index (χ0) is 13.9. The highest BCUT2D eigenvalue weighted by Gasteiger charge is 2.18. The van der Waals surface area contributed by atoms with Gasteiger partial charge in [-0.2, -0.15) is 0 Å². The number of rotatable bonds is 2. The van der Waals surface area contributed by atoms with Crippen molar-refractivity contribution in [3.05, 3.63) is 65.2 Å². The number of aliphatic hydroxyl groups excluding tert-OH is 1. The van der Waals surface area contributed by atoms with Crippen molar-refractivity contribution in [1.29, 1.82) is 0 Å². The van der Waals surface area contributed by atoms with Gasteiger partial charge in [0.2, 0.25) is 0 Å². The topological polar surface area (TPSA) is 23.5 Å². The summed E-state index contributed by atoms with van der Waals surface area (Å²) in [5, 5.41) is 9.97. The van der Waals surface area contributed by atoms with Gasteiger partial charge >= 0.3 is 0 Å². The lowest BCUT2D eigenvalue weighted by molar-refractivity contribution is 0.199. The molecule has 1 atom stereocenters. The lowest BCUT2D eigenvalue weighted by atomic mass is 10.0. The summed E-state index contributed by atoms with van der Waals surface area (Å²) < 4.78 is 0. The molecule has 0 unspecified atom stereocenters. The number of aryl methyl sites for hydroxylation is 1. The summed E-state index contributed by atoms with van der Waals surface area (Å²) in [5.41, 5.74) is 5.06. The zero-order valence-corrected chi connectivity index (χ0v) is 11.9. The summed E-state index contributed by atoms with van der Waals surface area (Å²) in [6, 6.07) is 16.9. The number of para-hydroxylation sites is 1. The Morgan fingerprint density at radius 1 is 1.00 bits per heavy atom. The van der Waals surface area contributed by atoms with Crippen LogP contribution in [-0.4, -0.2) is 11.7 Å². The molecule has 0 bridgehead atoms. The highest BCUT2D eigenvalue weighted by atomic mass is 16.3. The Balaban J connectivity index is 1.96. The van der Waals surface area contributed by atoms with E-state index in [1.165, 1.54) is 16.8 Å². The van der Waals surface area contributed by atoms with E-state index in [0.717, 1.165) is 31.5 Å². The molecule has 0 aromatic heterocycles. The molecule has 0 saturated heterocycles. The summed E-state index contributed by atoms with van der Waals surface area (Å²) in [4.78, 5) is 2.40. The number of nitrogens with zero attached hydrogens (tertiary/aromatic N) is 1. The average molecular weight is 267 g/mol. The van der Waals surface area contributed by atoms with Crippen LogP contribution in [0.1, 0.15) is 36.1 Å². The van der Waals surface area contributed by atoms with Crippen LogP contribution >= 0.6 is 0 Å². The normalized spacial score (nSPS) is 16.4. The molecule has 0 fully saturated rings. The van der Waals surface area contributed by atoms with Gasteiger partial charge in [-0.05, 0) is 37.0 Å². The Morgan fingerprint density at radius 3 is 2.50 bits per heavy atom. The van der Waals surface area contributed by atoms with Crippen LogP contribution in [0.25, 0.3) is 0 Å². The molecule has 0 radical (unpaired) electrons. The van der Waals surface area contributed by atoms with Gasteiger partial charge in [0.05, 0.1) is 6.10 Å². The molecule has 2 nitrogen and oxygen atoms in total. The predicted molar refractivity (Wildman–Crippen MR) is 82.9 cm³/mol. The molecule has 2 aromatic rings. The minimum absolute atomic E-state index is 0.426. The highest BCUT2D eigenvalue weighted by molar-refractivity contribution is 5.55. The molecule has 2 heteroatoms. The second-order valence-electron chi connectivity index (χ2n) is 5.53. The van der Waals surface area contributed by atoms with E-state index >= 15 is 0 Å². The quantitative estimate of drug-likeness (QED) is 0.897. The molecule has 2 aromatic carbocycles. The van der Waals surface area contributed by atoms with E-state index in [-0.39, 0.29) is 0 Å². The van der Waals surface area contributed by atoms with Crippen LogP contribution in [0.2, 0.25) is 0 Å². The van der Waals surface area contributed by atoms with E-state index in [1.807, 2.05) is 19.1 Å². The minimum Gasteiger partial charge on any atom is -0.389 e. The first-order valence-electron chi connectivity index (χ1n) is 7.34. The zero-order valence-electron chi connectivity index (χ0n) is 11.9. The van der Waals surface area contributed by atoms with Crippen molar-refractivity contribution >= 4 is 5.69 Å². The van der Waals surface area contributed by atoms with Gasteiger partial charge in [-0.3, -0.25) is 0 Å². The summed E-state index contributed by atoms with van der Waals surface area (Å²) in [5.74, 6) is 0. The fourth-order valence-electron chi connectivity index (χ4n) is 3.04. The second kappa shape index (κ2) is 5.68. The SMILES string of the molecule is C[C@@H](O)c1ccccc1N1CCCc2ccccc2C1. The lowest BCUT2D eigenvalue weighted by Crippen LogP contribution is -2.24. The first-order valence-corrected chi connectivity index (χ1v) is 7.34.